The van der Waals surface area contributed by atoms with Crippen molar-refractivity contribution in [3.63, 3.8) is 0 Å². The van der Waals surface area contributed by atoms with Gasteiger partial charge in [0.1, 0.15) is 6.04 Å². The fourth-order valence-electron chi connectivity index (χ4n) is 1.97. The largest absolute Gasteiger partial charge is 0.416 e. The standard InChI is InChI=1S/C15H20F3N3O2/c1-3-9(2)12(21-14(19)23)13(22)20-8-10-4-6-11(7-5-10)15(16,17)18/h4-7,9,12H,3,8H2,1-2H3,(H,20,22)(H3,19,21,23). The van der Waals surface area contributed by atoms with Gasteiger partial charge in [-0.3, -0.25) is 4.79 Å². The molecule has 128 valence electrons. The zero-order chi connectivity index (χ0) is 17.6. The van der Waals surface area contributed by atoms with Gasteiger partial charge in [0.2, 0.25) is 5.91 Å². The highest BCUT2D eigenvalue weighted by atomic mass is 19.4. The van der Waals surface area contributed by atoms with Crippen LogP contribution in [0.3, 0.4) is 0 Å². The first-order chi connectivity index (χ1) is 10.6. The lowest BCUT2D eigenvalue weighted by Crippen LogP contribution is -2.51. The highest BCUT2D eigenvalue weighted by Crippen LogP contribution is 2.29. The van der Waals surface area contributed by atoms with E-state index in [9.17, 15) is 22.8 Å². The van der Waals surface area contributed by atoms with E-state index in [-0.39, 0.29) is 12.5 Å². The first kappa shape index (κ1) is 18.8. The minimum absolute atomic E-state index is 0.0599. The van der Waals surface area contributed by atoms with E-state index in [0.717, 1.165) is 12.1 Å². The summed E-state index contributed by atoms with van der Waals surface area (Å²) >= 11 is 0. The van der Waals surface area contributed by atoms with Crippen LogP contribution in [0, 0.1) is 5.92 Å². The van der Waals surface area contributed by atoms with Gasteiger partial charge in [0.15, 0.2) is 0 Å². The second kappa shape index (κ2) is 7.85. The maximum Gasteiger partial charge on any atom is 0.416 e. The molecule has 0 heterocycles. The van der Waals surface area contributed by atoms with E-state index in [4.69, 9.17) is 5.73 Å². The van der Waals surface area contributed by atoms with E-state index in [2.05, 4.69) is 10.6 Å². The van der Waals surface area contributed by atoms with E-state index in [1.165, 1.54) is 12.1 Å². The maximum absolute atomic E-state index is 12.5. The molecule has 1 rings (SSSR count). The highest BCUT2D eigenvalue weighted by Gasteiger charge is 2.30. The number of nitrogens with one attached hydrogen (secondary N) is 2. The molecule has 0 fully saturated rings. The lowest BCUT2D eigenvalue weighted by atomic mass is 9.98. The summed E-state index contributed by atoms with van der Waals surface area (Å²) in [6.45, 7) is 3.71. The third-order valence-corrected chi connectivity index (χ3v) is 3.54. The van der Waals surface area contributed by atoms with Gasteiger partial charge in [-0.15, -0.1) is 0 Å². The van der Waals surface area contributed by atoms with Gasteiger partial charge < -0.3 is 16.4 Å². The number of alkyl halides is 3. The molecule has 0 aliphatic heterocycles. The van der Waals surface area contributed by atoms with Gasteiger partial charge >= 0.3 is 12.2 Å². The van der Waals surface area contributed by atoms with Crippen LogP contribution in [0.1, 0.15) is 31.4 Å². The van der Waals surface area contributed by atoms with E-state index >= 15 is 0 Å². The number of amides is 3. The lowest BCUT2D eigenvalue weighted by Gasteiger charge is -2.22. The number of rotatable bonds is 6. The van der Waals surface area contributed by atoms with Crippen LogP contribution < -0.4 is 16.4 Å². The number of nitrogens with two attached hydrogens (primary N) is 1. The summed E-state index contributed by atoms with van der Waals surface area (Å²) in [5.74, 6) is -0.562. The molecule has 0 aliphatic carbocycles. The lowest BCUT2D eigenvalue weighted by molar-refractivity contribution is -0.137. The van der Waals surface area contributed by atoms with Crippen molar-refractivity contribution >= 4 is 11.9 Å². The fourth-order valence-corrected chi connectivity index (χ4v) is 1.97. The highest BCUT2D eigenvalue weighted by molar-refractivity contribution is 5.86. The van der Waals surface area contributed by atoms with Gasteiger partial charge in [0, 0.05) is 6.54 Å². The number of carbonyl (C=O) groups excluding carboxylic acids is 2. The van der Waals surface area contributed by atoms with E-state index in [0.29, 0.717) is 12.0 Å². The Kier molecular flexibility index (Phi) is 6.41. The predicted molar refractivity (Wildman–Crippen MR) is 79.3 cm³/mol. The van der Waals surface area contributed by atoms with Crippen LogP contribution in [-0.2, 0) is 17.5 Å². The van der Waals surface area contributed by atoms with Crippen LogP contribution in [0.5, 0.6) is 0 Å². The van der Waals surface area contributed by atoms with Crippen LogP contribution in [-0.4, -0.2) is 18.0 Å². The van der Waals surface area contributed by atoms with Gasteiger partial charge in [0.05, 0.1) is 5.56 Å². The molecular weight excluding hydrogens is 311 g/mol. The van der Waals surface area contributed by atoms with Crippen LogP contribution in [0.4, 0.5) is 18.0 Å². The Balaban J connectivity index is 2.68. The van der Waals surface area contributed by atoms with Gasteiger partial charge in [-0.1, -0.05) is 32.4 Å². The van der Waals surface area contributed by atoms with Crippen LogP contribution in [0.15, 0.2) is 24.3 Å². The van der Waals surface area contributed by atoms with Crippen molar-refractivity contribution in [2.24, 2.45) is 11.7 Å². The SMILES string of the molecule is CCC(C)C(NC(N)=O)C(=O)NCc1ccc(C(F)(F)F)cc1. The normalized spacial score (nSPS) is 14.0. The minimum Gasteiger partial charge on any atom is -0.352 e. The molecule has 2 atom stereocenters. The third-order valence-electron chi connectivity index (χ3n) is 3.54. The Labute approximate surface area is 132 Å². The van der Waals surface area contributed by atoms with E-state index in [1.807, 2.05) is 6.92 Å². The van der Waals surface area contributed by atoms with Crippen molar-refractivity contribution in [3.05, 3.63) is 35.4 Å². The van der Waals surface area contributed by atoms with Crippen molar-refractivity contribution in [1.82, 2.24) is 10.6 Å². The first-order valence-corrected chi connectivity index (χ1v) is 7.15. The Morgan fingerprint density at radius 2 is 1.78 bits per heavy atom. The number of urea groups is 1. The molecule has 0 spiro atoms. The number of carbonyl (C=O) groups is 2. The summed E-state index contributed by atoms with van der Waals surface area (Å²) in [6.07, 6.45) is -3.74. The zero-order valence-electron chi connectivity index (χ0n) is 12.9. The first-order valence-electron chi connectivity index (χ1n) is 7.15. The third kappa shape index (κ3) is 5.80. The quantitative estimate of drug-likeness (QED) is 0.748. The molecule has 0 radical (unpaired) electrons. The molecule has 5 nitrogen and oxygen atoms in total. The molecule has 0 bridgehead atoms. The monoisotopic (exact) mass is 331 g/mol. The molecule has 3 amide bonds. The van der Waals surface area contributed by atoms with Gasteiger partial charge in [-0.25, -0.2) is 4.79 Å². The Hall–Kier alpha value is -2.25. The van der Waals surface area contributed by atoms with Crippen molar-refractivity contribution < 1.29 is 22.8 Å². The molecule has 1 aromatic carbocycles. The number of hydrogen-bond acceptors (Lipinski definition) is 2. The topological polar surface area (TPSA) is 84.2 Å². The minimum atomic E-state index is -4.39. The molecule has 2 unspecified atom stereocenters. The Morgan fingerprint density at radius 3 is 2.22 bits per heavy atom. The summed E-state index contributed by atoms with van der Waals surface area (Å²) in [6, 6.07) is 2.91. The molecular formula is C15H20F3N3O2. The van der Waals surface area contributed by atoms with Crippen molar-refractivity contribution in [3.8, 4) is 0 Å². The van der Waals surface area contributed by atoms with E-state index in [1.54, 1.807) is 6.92 Å². The summed E-state index contributed by atoms with van der Waals surface area (Å²) in [7, 11) is 0. The number of hydrogen-bond donors (Lipinski definition) is 3. The second-order valence-corrected chi connectivity index (χ2v) is 5.28. The predicted octanol–water partition coefficient (Wildman–Crippen LogP) is 2.40. The second-order valence-electron chi connectivity index (χ2n) is 5.28. The summed E-state index contributed by atoms with van der Waals surface area (Å²) < 4.78 is 37.4. The van der Waals surface area contributed by atoms with Gasteiger partial charge in [-0.2, -0.15) is 13.2 Å². The Morgan fingerprint density at radius 1 is 1.22 bits per heavy atom. The summed E-state index contributed by atoms with van der Waals surface area (Å²) in [4.78, 5) is 23.1. The number of benzene rings is 1. The molecule has 23 heavy (non-hydrogen) atoms. The number of halogens is 3. The molecule has 4 N–H and O–H groups in total. The van der Waals surface area contributed by atoms with Crippen LogP contribution >= 0.6 is 0 Å². The smallest absolute Gasteiger partial charge is 0.352 e. The van der Waals surface area contributed by atoms with Crippen molar-refractivity contribution in [2.75, 3.05) is 0 Å². The van der Waals surface area contributed by atoms with Gasteiger partial charge in [-0.05, 0) is 23.6 Å². The maximum atomic E-state index is 12.5. The fraction of sp³-hybridized carbons (Fsp3) is 0.467. The van der Waals surface area contributed by atoms with Crippen LogP contribution in [0.25, 0.3) is 0 Å². The molecule has 1 aromatic rings. The Bertz CT molecular complexity index is 544. The van der Waals surface area contributed by atoms with Crippen molar-refractivity contribution in [1.29, 1.82) is 0 Å². The number of primary amides is 1. The average molecular weight is 331 g/mol. The molecule has 0 aliphatic rings. The summed E-state index contributed by atoms with van der Waals surface area (Å²) in [5, 5.41) is 4.96. The molecule has 8 heteroatoms. The van der Waals surface area contributed by atoms with Crippen molar-refractivity contribution in [2.45, 2.75) is 39.0 Å². The molecule has 0 aromatic heterocycles. The van der Waals surface area contributed by atoms with E-state index < -0.39 is 29.7 Å². The van der Waals surface area contributed by atoms with Gasteiger partial charge in [0.25, 0.3) is 0 Å². The summed E-state index contributed by atoms with van der Waals surface area (Å²) in [5.41, 5.74) is 4.82. The molecule has 0 saturated carbocycles. The molecule has 0 saturated heterocycles. The zero-order valence-corrected chi connectivity index (χ0v) is 12.9. The van der Waals surface area contributed by atoms with Crippen LogP contribution in [0.2, 0.25) is 0 Å². The average Bonchev–Trinajstić information content (AvgIpc) is 2.48.